The quantitative estimate of drug-likeness (QED) is 0.654. The molecule has 0 aliphatic rings. The Labute approximate surface area is 87.7 Å². The van der Waals surface area contributed by atoms with Crippen molar-refractivity contribution in [2.45, 2.75) is 33.2 Å². The van der Waals surface area contributed by atoms with Crippen molar-refractivity contribution < 1.29 is 4.74 Å². The van der Waals surface area contributed by atoms with E-state index >= 15 is 0 Å². The Balaban J connectivity index is 3.85. The molecule has 1 atom stereocenters. The van der Waals surface area contributed by atoms with Crippen LogP contribution in [0.25, 0.3) is 0 Å². The highest BCUT2D eigenvalue weighted by atomic mass is 16.5. The lowest BCUT2D eigenvalue weighted by molar-refractivity contribution is 0.110. The second-order valence-electron chi connectivity index (χ2n) is 4.53. The van der Waals surface area contributed by atoms with Crippen molar-refractivity contribution in [3.05, 3.63) is 0 Å². The summed E-state index contributed by atoms with van der Waals surface area (Å²) in [6.07, 6.45) is 0.897. The van der Waals surface area contributed by atoms with Crippen molar-refractivity contribution in [2.75, 3.05) is 27.3 Å². The third-order valence-electron chi connectivity index (χ3n) is 2.55. The molecular weight excluding hydrogens is 176 g/mol. The number of nitrogens with zero attached hydrogens (tertiary/aromatic N) is 2. The lowest BCUT2D eigenvalue weighted by Gasteiger charge is -2.26. The Bertz CT molecular complexity index is 196. The van der Waals surface area contributed by atoms with Gasteiger partial charge < -0.3 is 9.64 Å². The van der Waals surface area contributed by atoms with Crippen LogP contribution in [0.1, 0.15) is 27.2 Å². The van der Waals surface area contributed by atoms with Crippen LogP contribution in [0.3, 0.4) is 0 Å². The first-order chi connectivity index (χ1) is 6.43. The van der Waals surface area contributed by atoms with Crippen LogP contribution in [-0.2, 0) is 4.74 Å². The molecular formula is C11H22N2O. The number of ether oxygens (including phenoxy) is 1. The zero-order chi connectivity index (χ0) is 11.2. The van der Waals surface area contributed by atoms with Crippen molar-refractivity contribution in [2.24, 2.45) is 5.41 Å². The average Bonchev–Trinajstić information content (AvgIpc) is 2.15. The summed E-state index contributed by atoms with van der Waals surface area (Å²) in [4.78, 5) is 2.22. The van der Waals surface area contributed by atoms with E-state index in [-0.39, 0.29) is 5.41 Å². The summed E-state index contributed by atoms with van der Waals surface area (Å²) in [5.41, 5.74) is -0.221. The van der Waals surface area contributed by atoms with Gasteiger partial charge in [0.2, 0.25) is 0 Å². The molecule has 0 aromatic carbocycles. The van der Waals surface area contributed by atoms with E-state index in [0.29, 0.717) is 6.04 Å². The van der Waals surface area contributed by atoms with Crippen molar-refractivity contribution in [3.63, 3.8) is 0 Å². The van der Waals surface area contributed by atoms with Gasteiger partial charge in [0.05, 0.1) is 18.1 Å². The molecule has 0 rings (SSSR count). The number of rotatable bonds is 6. The minimum Gasteiger partial charge on any atom is -0.383 e. The molecule has 0 saturated heterocycles. The number of hydrogen-bond donors (Lipinski definition) is 0. The second kappa shape index (κ2) is 6.00. The molecule has 0 heterocycles. The fourth-order valence-electron chi connectivity index (χ4n) is 1.10. The number of nitriles is 1. The predicted octanol–water partition coefficient (Wildman–Crippen LogP) is 1.89. The van der Waals surface area contributed by atoms with Gasteiger partial charge in [0, 0.05) is 13.2 Å². The molecule has 82 valence electrons. The van der Waals surface area contributed by atoms with Crippen LogP contribution in [0.15, 0.2) is 0 Å². The van der Waals surface area contributed by atoms with Crippen LogP contribution in [0, 0.1) is 16.7 Å². The standard InChI is InChI=1S/C11H22N2O/c1-10(8-14-5)13(4)7-6-11(2,3)9-12/h10H,6-8H2,1-5H3. The molecule has 3 heteroatoms. The fourth-order valence-corrected chi connectivity index (χ4v) is 1.10. The number of likely N-dealkylation sites (N-methyl/N-ethyl adjacent to an activating group) is 1. The lowest BCUT2D eigenvalue weighted by Crippen LogP contribution is -2.35. The summed E-state index contributed by atoms with van der Waals surface area (Å²) in [5.74, 6) is 0. The van der Waals surface area contributed by atoms with E-state index in [1.807, 2.05) is 13.8 Å². The summed E-state index contributed by atoms with van der Waals surface area (Å²) in [5, 5.41) is 8.86. The van der Waals surface area contributed by atoms with E-state index in [0.717, 1.165) is 19.6 Å². The minimum atomic E-state index is -0.221. The van der Waals surface area contributed by atoms with Crippen molar-refractivity contribution in [3.8, 4) is 6.07 Å². The van der Waals surface area contributed by atoms with Crippen LogP contribution < -0.4 is 0 Å². The van der Waals surface area contributed by atoms with Crippen LogP contribution in [0.5, 0.6) is 0 Å². The molecule has 0 aliphatic carbocycles. The Hall–Kier alpha value is -0.590. The fraction of sp³-hybridized carbons (Fsp3) is 0.909. The first kappa shape index (κ1) is 13.4. The van der Waals surface area contributed by atoms with Gasteiger partial charge in [0.1, 0.15) is 0 Å². The van der Waals surface area contributed by atoms with Gasteiger partial charge in [-0.2, -0.15) is 5.26 Å². The van der Waals surface area contributed by atoms with Gasteiger partial charge in [-0.15, -0.1) is 0 Å². The Morgan fingerprint density at radius 3 is 2.50 bits per heavy atom. The lowest BCUT2D eigenvalue weighted by atomic mass is 9.91. The molecule has 0 bridgehead atoms. The monoisotopic (exact) mass is 198 g/mol. The van der Waals surface area contributed by atoms with Crippen molar-refractivity contribution in [1.82, 2.24) is 4.90 Å². The molecule has 0 radical (unpaired) electrons. The largest absolute Gasteiger partial charge is 0.383 e. The maximum Gasteiger partial charge on any atom is 0.0684 e. The summed E-state index contributed by atoms with van der Waals surface area (Å²) < 4.78 is 5.08. The zero-order valence-corrected chi connectivity index (χ0v) is 10.0. The normalized spacial score (nSPS) is 14.1. The van der Waals surface area contributed by atoms with Crippen molar-refractivity contribution >= 4 is 0 Å². The number of hydrogen-bond acceptors (Lipinski definition) is 3. The third-order valence-corrected chi connectivity index (χ3v) is 2.55. The predicted molar refractivity (Wildman–Crippen MR) is 58.0 cm³/mol. The first-order valence-electron chi connectivity index (χ1n) is 5.03. The smallest absolute Gasteiger partial charge is 0.0684 e. The summed E-state index contributed by atoms with van der Waals surface area (Å²) >= 11 is 0. The van der Waals surface area contributed by atoms with Crippen molar-refractivity contribution in [1.29, 1.82) is 5.26 Å². The van der Waals surface area contributed by atoms with E-state index < -0.39 is 0 Å². The highest BCUT2D eigenvalue weighted by Gasteiger charge is 2.18. The van der Waals surface area contributed by atoms with Crippen LogP contribution in [0.4, 0.5) is 0 Å². The SMILES string of the molecule is COCC(C)N(C)CCC(C)(C)C#N. The zero-order valence-electron chi connectivity index (χ0n) is 10.0. The Morgan fingerprint density at radius 1 is 1.50 bits per heavy atom. The van der Waals surface area contributed by atoms with Gasteiger partial charge >= 0.3 is 0 Å². The molecule has 0 spiro atoms. The molecule has 14 heavy (non-hydrogen) atoms. The Kier molecular flexibility index (Phi) is 5.75. The maximum absolute atomic E-state index is 8.86. The third kappa shape index (κ3) is 5.21. The summed E-state index contributed by atoms with van der Waals surface area (Å²) in [6, 6.07) is 2.72. The second-order valence-corrected chi connectivity index (χ2v) is 4.53. The van der Waals surface area contributed by atoms with E-state index in [9.17, 15) is 0 Å². The molecule has 3 nitrogen and oxygen atoms in total. The van der Waals surface area contributed by atoms with E-state index in [1.54, 1.807) is 7.11 Å². The van der Waals surface area contributed by atoms with Gasteiger partial charge in [-0.05, 0) is 40.8 Å². The van der Waals surface area contributed by atoms with E-state index in [1.165, 1.54) is 0 Å². The molecule has 0 N–H and O–H groups in total. The molecule has 0 amide bonds. The maximum atomic E-state index is 8.86. The summed E-state index contributed by atoms with van der Waals surface area (Å²) in [6.45, 7) is 7.75. The molecule has 0 saturated carbocycles. The highest BCUT2D eigenvalue weighted by molar-refractivity contribution is 4.92. The van der Waals surface area contributed by atoms with E-state index in [2.05, 4.69) is 24.9 Å². The molecule has 1 unspecified atom stereocenters. The van der Waals surface area contributed by atoms with Gasteiger partial charge in [0.15, 0.2) is 0 Å². The number of methoxy groups -OCH3 is 1. The highest BCUT2D eigenvalue weighted by Crippen LogP contribution is 2.18. The molecule has 0 aliphatic heterocycles. The molecule has 0 fully saturated rings. The van der Waals surface area contributed by atoms with E-state index in [4.69, 9.17) is 10.00 Å². The van der Waals surface area contributed by atoms with Crippen LogP contribution in [-0.4, -0.2) is 38.3 Å². The topological polar surface area (TPSA) is 36.3 Å². The van der Waals surface area contributed by atoms with Crippen LogP contribution in [0.2, 0.25) is 0 Å². The first-order valence-corrected chi connectivity index (χ1v) is 5.03. The Morgan fingerprint density at radius 2 is 2.07 bits per heavy atom. The van der Waals surface area contributed by atoms with Gasteiger partial charge in [-0.3, -0.25) is 0 Å². The van der Waals surface area contributed by atoms with Gasteiger partial charge in [-0.25, -0.2) is 0 Å². The van der Waals surface area contributed by atoms with Crippen LogP contribution >= 0.6 is 0 Å². The van der Waals surface area contributed by atoms with Gasteiger partial charge in [0.25, 0.3) is 0 Å². The minimum absolute atomic E-state index is 0.221. The summed E-state index contributed by atoms with van der Waals surface area (Å²) in [7, 11) is 3.78. The van der Waals surface area contributed by atoms with Gasteiger partial charge in [-0.1, -0.05) is 0 Å². The molecule has 0 aromatic rings. The average molecular weight is 198 g/mol. The molecule has 0 aromatic heterocycles.